The topological polar surface area (TPSA) is 78.8 Å². The summed E-state index contributed by atoms with van der Waals surface area (Å²) in [6.45, 7) is 24.6. The molecule has 0 aromatic rings. The lowest BCUT2D eigenvalue weighted by molar-refractivity contribution is 0.0734. The number of aliphatic hydroxyl groups excluding tert-OH is 1. The number of aliphatic hydroxyl groups is 1. The standard InChI is InChI=1S/C15H34N2O.C15H34N2/c1-5-9-16(10-6-2)13-15(18)14-17(11-7-3)12-8-4;1-5-9-14(13-16,10-6-2)15(17,11-7-3)12-8-4/h15,18H,5-14H2,1-4H3;5-13,16-17H2,1-4H3. The molecule has 0 aliphatic rings. The van der Waals surface area contributed by atoms with Crippen LogP contribution in [0.1, 0.15) is 132 Å². The summed E-state index contributed by atoms with van der Waals surface area (Å²) < 4.78 is 0. The van der Waals surface area contributed by atoms with E-state index in [2.05, 4.69) is 65.2 Å². The van der Waals surface area contributed by atoms with Crippen molar-refractivity contribution in [2.24, 2.45) is 16.9 Å². The highest BCUT2D eigenvalue weighted by atomic mass is 16.3. The molecule has 5 nitrogen and oxygen atoms in total. The first-order chi connectivity index (χ1) is 16.7. The van der Waals surface area contributed by atoms with Crippen LogP contribution in [0.4, 0.5) is 0 Å². The van der Waals surface area contributed by atoms with E-state index in [-0.39, 0.29) is 17.1 Å². The van der Waals surface area contributed by atoms with Crippen molar-refractivity contribution < 1.29 is 5.11 Å². The molecule has 0 unspecified atom stereocenters. The smallest absolute Gasteiger partial charge is 0.0793 e. The summed E-state index contributed by atoms with van der Waals surface area (Å²) in [6.07, 6.45) is 13.7. The first-order valence-electron chi connectivity index (χ1n) is 15.3. The molecule has 0 spiro atoms. The normalized spacial score (nSPS) is 12.5. The fraction of sp³-hybridized carbons (Fsp3) is 1.00. The number of hydrogen-bond acceptors (Lipinski definition) is 5. The molecule has 0 rings (SSSR count). The Bertz CT molecular complexity index is 404. The van der Waals surface area contributed by atoms with Crippen LogP contribution in [-0.2, 0) is 0 Å². The van der Waals surface area contributed by atoms with Crippen LogP contribution >= 0.6 is 0 Å². The maximum Gasteiger partial charge on any atom is 0.0793 e. The van der Waals surface area contributed by atoms with Crippen molar-refractivity contribution in [1.29, 1.82) is 0 Å². The molecular weight excluding hydrogens is 432 g/mol. The Balaban J connectivity index is 0. The summed E-state index contributed by atoms with van der Waals surface area (Å²) in [4.78, 5) is 4.78. The van der Waals surface area contributed by atoms with Crippen LogP contribution in [0.2, 0.25) is 0 Å². The minimum absolute atomic E-state index is 0.0583. The average Bonchev–Trinajstić information content (AvgIpc) is 2.80. The van der Waals surface area contributed by atoms with E-state index >= 15 is 0 Å². The lowest BCUT2D eigenvalue weighted by atomic mass is 9.61. The Morgan fingerprint density at radius 1 is 0.571 bits per heavy atom. The van der Waals surface area contributed by atoms with Gasteiger partial charge in [0.05, 0.1) is 6.10 Å². The van der Waals surface area contributed by atoms with Crippen molar-refractivity contribution in [2.45, 2.75) is 144 Å². The second kappa shape index (κ2) is 23.0. The van der Waals surface area contributed by atoms with E-state index in [1.807, 2.05) is 0 Å². The molecule has 0 saturated carbocycles. The van der Waals surface area contributed by atoms with Gasteiger partial charge in [-0.3, -0.25) is 0 Å². The minimum Gasteiger partial charge on any atom is -0.390 e. The van der Waals surface area contributed by atoms with Crippen LogP contribution < -0.4 is 11.5 Å². The highest BCUT2D eigenvalue weighted by Crippen LogP contribution is 2.43. The van der Waals surface area contributed by atoms with Gasteiger partial charge in [0, 0.05) is 24.0 Å². The molecular formula is C30H68N4O. The van der Waals surface area contributed by atoms with Crippen LogP contribution in [0.15, 0.2) is 0 Å². The van der Waals surface area contributed by atoms with Gasteiger partial charge in [-0.1, -0.05) is 81.1 Å². The number of nitrogens with two attached hydrogens (primary N) is 2. The summed E-state index contributed by atoms with van der Waals surface area (Å²) in [7, 11) is 0. The summed E-state index contributed by atoms with van der Waals surface area (Å²) in [5.74, 6) is 0. The third kappa shape index (κ3) is 15.0. The minimum atomic E-state index is -0.207. The van der Waals surface area contributed by atoms with Crippen molar-refractivity contribution in [1.82, 2.24) is 9.80 Å². The van der Waals surface area contributed by atoms with Gasteiger partial charge in [-0.05, 0) is 84.1 Å². The highest BCUT2D eigenvalue weighted by molar-refractivity contribution is 5.02. The number of rotatable bonds is 22. The predicted octanol–water partition coefficient (Wildman–Crippen LogP) is 6.42. The summed E-state index contributed by atoms with van der Waals surface area (Å²) in [5, 5.41) is 10.2. The second-order valence-electron chi connectivity index (χ2n) is 10.9. The van der Waals surface area contributed by atoms with Crippen molar-refractivity contribution in [3.63, 3.8) is 0 Å². The maximum absolute atomic E-state index is 10.2. The van der Waals surface area contributed by atoms with Gasteiger partial charge in [0.1, 0.15) is 0 Å². The molecule has 0 aliphatic carbocycles. The monoisotopic (exact) mass is 501 g/mol. The van der Waals surface area contributed by atoms with Gasteiger partial charge in [0.15, 0.2) is 0 Å². The first kappa shape index (κ1) is 37.0. The lowest BCUT2D eigenvalue weighted by Crippen LogP contribution is -2.58. The molecule has 5 heteroatoms. The van der Waals surface area contributed by atoms with E-state index in [1.165, 1.54) is 51.4 Å². The van der Waals surface area contributed by atoms with Crippen LogP contribution in [0.5, 0.6) is 0 Å². The third-order valence-corrected chi connectivity index (χ3v) is 7.39. The fourth-order valence-corrected chi connectivity index (χ4v) is 6.04. The van der Waals surface area contributed by atoms with E-state index in [4.69, 9.17) is 11.5 Å². The molecule has 0 heterocycles. The molecule has 0 aromatic carbocycles. The van der Waals surface area contributed by atoms with E-state index in [0.29, 0.717) is 0 Å². The Labute approximate surface area is 221 Å². The van der Waals surface area contributed by atoms with Gasteiger partial charge >= 0.3 is 0 Å². The average molecular weight is 501 g/mol. The second-order valence-corrected chi connectivity index (χ2v) is 10.9. The van der Waals surface area contributed by atoms with Gasteiger partial charge in [-0.15, -0.1) is 0 Å². The van der Waals surface area contributed by atoms with Crippen LogP contribution in [0, 0.1) is 5.41 Å². The van der Waals surface area contributed by atoms with Gasteiger partial charge < -0.3 is 26.4 Å². The lowest BCUT2D eigenvalue weighted by Gasteiger charge is -2.49. The molecule has 214 valence electrons. The zero-order valence-electron chi connectivity index (χ0n) is 25.5. The van der Waals surface area contributed by atoms with Gasteiger partial charge in [-0.2, -0.15) is 0 Å². The predicted molar refractivity (Wildman–Crippen MR) is 158 cm³/mol. The van der Waals surface area contributed by atoms with Crippen LogP contribution in [-0.4, -0.2) is 72.4 Å². The van der Waals surface area contributed by atoms with Crippen molar-refractivity contribution in [2.75, 3.05) is 45.8 Å². The van der Waals surface area contributed by atoms with Crippen LogP contribution in [0.25, 0.3) is 0 Å². The van der Waals surface area contributed by atoms with E-state index in [9.17, 15) is 5.11 Å². The third-order valence-electron chi connectivity index (χ3n) is 7.39. The van der Waals surface area contributed by atoms with Crippen molar-refractivity contribution in [3.05, 3.63) is 0 Å². The molecule has 0 aromatic heterocycles. The summed E-state index contributed by atoms with van der Waals surface area (Å²) in [6, 6.07) is 0. The molecule has 0 aliphatic heterocycles. The van der Waals surface area contributed by atoms with Gasteiger partial charge in [0.25, 0.3) is 0 Å². The fourth-order valence-electron chi connectivity index (χ4n) is 6.04. The van der Waals surface area contributed by atoms with Crippen LogP contribution in [0.3, 0.4) is 0 Å². The quantitative estimate of drug-likeness (QED) is 0.160. The highest BCUT2D eigenvalue weighted by Gasteiger charge is 2.44. The Morgan fingerprint density at radius 3 is 1.11 bits per heavy atom. The molecule has 0 fully saturated rings. The zero-order valence-corrected chi connectivity index (χ0v) is 25.5. The van der Waals surface area contributed by atoms with Crippen molar-refractivity contribution in [3.8, 4) is 0 Å². The first-order valence-corrected chi connectivity index (χ1v) is 15.3. The molecule has 0 saturated heterocycles. The molecule has 0 atom stereocenters. The molecule has 5 N–H and O–H groups in total. The zero-order chi connectivity index (χ0) is 27.2. The molecule has 0 bridgehead atoms. The van der Waals surface area contributed by atoms with Gasteiger partial charge in [-0.25, -0.2) is 0 Å². The van der Waals surface area contributed by atoms with E-state index in [0.717, 1.165) is 71.5 Å². The SMILES string of the molecule is CCCC(N)(CCC)C(CN)(CCC)CCC.CCCN(CCC)CC(O)CN(CCC)CCC. The van der Waals surface area contributed by atoms with E-state index < -0.39 is 0 Å². The Kier molecular flexibility index (Phi) is 24.2. The Morgan fingerprint density at radius 2 is 0.886 bits per heavy atom. The molecule has 0 amide bonds. The number of nitrogens with zero attached hydrogens (tertiary/aromatic N) is 2. The van der Waals surface area contributed by atoms with E-state index in [1.54, 1.807) is 0 Å². The Hall–Kier alpha value is -0.200. The largest absolute Gasteiger partial charge is 0.390 e. The number of hydrogen-bond donors (Lipinski definition) is 3. The molecule has 0 radical (unpaired) electrons. The summed E-state index contributed by atoms with van der Waals surface area (Å²) >= 11 is 0. The van der Waals surface area contributed by atoms with Crippen molar-refractivity contribution >= 4 is 0 Å². The summed E-state index contributed by atoms with van der Waals surface area (Å²) in [5.41, 5.74) is 13.0. The van der Waals surface area contributed by atoms with Gasteiger partial charge in [0.2, 0.25) is 0 Å². The maximum atomic E-state index is 10.2. The molecule has 35 heavy (non-hydrogen) atoms.